The average Bonchev–Trinajstić information content (AvgIpc) is 2.78. The molecule has 0 aliphatic rings. The molecule has 172 valence electrons. The lowest BCUT2D eigenvalue weighted by Crippen LogP contribution is -2.23. The van der Waals surface area contributed by atoms with Crippen LogP contribution >= 0.6 is 23.4 Å². The zero-order chi connectivity index (χ0) is 23.8. The number of hydrogen-bond acceptors (Lipinski definition) is 6. The average molecular weight is 476 g/mol. The lowest BCUT2D eigenvalue weighted by molar-refractivity contribution is 0.241. The Labute approximate surface area is 200 Å². The van der Waals surface area contributed by atoms with Crippen molar-refractivity contribution in [2.75, 3.05) is 33.5 Å². The Balaban J connectivity index is 0.000000323. The van der Waals surface area contributed by atoms with Crippen LogP contribution < -0.4 is 4.74 Å². The predicted molar refractivity (Wildman–Crippen MR) is 132 cm³/mol. The van der Waals surface area contributed by atoms with Gasteiger partial charge in [0, 0.05) is 39.6 Å². The second kappa shape index (κ2) is 16.0. The Morgan fingerprint density at radius 1 is 1.19 bits per heavy atom. The zero-order valence-corrected chi connectivity index (χ0v) is 20.6. The highest BCUT2D eigenvalue weighted by Gasteiger charge is 2.04. The fourth-order valence-electron chi connectivity index (χ4n) is 2.25. The lowest BCUT2D eigenvalue weighted by Gasteiger charge is -2.17. The number of halogens is 1. The number of nitrogens with zero attached hydrogens (tertiary/aromatic N) is 5. The van der Waals surface area contributed by atoms with Gasteiger partial charge in [-0.3, -0.25) is 4.79 Å². The summed E-state index contributed by atoms with van der Waals surface area (Å²) in [6.07, 6.45) is 5.43. The molecule has 2 aromatic rings. The third-order valence-corrected chi connectivity index (χ3v) is 5.44. The van der Waals surface area contributed by atoms with E-state index in [1.54, 1.807) is 44.4 Å². The van der Waals surface area contributed by atoms with Gasteiger partial charge in [0.25, 0.3) is 5.24 Å². The first-order valence-corrected chi connectivity index (χ1v) is 11.5. The van der Waals surface area contributed by atoms with Crippen LogP contribution in [0.5, 0.6) is 5.75 Å². The van der Waals surface area contributed by atoms with Crippen molar-refractivity contribution >= 4 is 34.4 Å². The number of hydrogen-bond donors (Lipinski definition) is 0. The Hall–Kier alpha value is -2.76. The van der Waals surface area contributed by atoms with Gasteiger partial charge in [0.1, 0.15) is 16.7 Å². The highest BCUT2D eigenvalue weighted by Crippen LogP contribution is 2.11. The van der Waals surface area contributed by atoms with E-state index in [4.69, 9.17) is 21.6 Å². The third kappa shape index (κ3) is 12.2. The van der Waals surface area contributed by atoms with Crippen molar-refractivity contribution in [3.63, 3.8) is 0 Å². The number of nitriles is 1. The highest BCUT2D eigenvalue weighted by atomic mass is 35.5. The molecule has 0 bridgehead atoms. The van der Waals surface area contributed by atoms with Crippen molar-refractivity contribution in [3.8, 4) is 11.9 Å². The molecule has 0 radical (unpaired) electrons. The fraction of sp³-hybridized carbons (Fsp3) is 0.391. The van der Waals surface area contributed by atoms with E-state index in [0.29, 0.717) is 24.1 Å². The first-order chi connectivity index (χ1) is 15.3. The normalized spacial score (nSPS) is 10.4. The van der Waals surface area contributed by atoms with E-state index in [1.165, 1.54) is 11.8 Å². The number of unbranched alkanes of at least 4 members (excludes halogenated alkanes) is 1. The molecule has 0 saturated carbocycles. The van der Waals surface area contributed by atoms with Crippen molar-refractivity contribution in [1.82, 2.24) is 14.8 Å². The maximum atomic E-state index is 11.3. The van der Waals surface area contributed by atoms with Crippen LogP contribution in [0.1, 0.15) is 25.3 Å². The summed E-state index contributed by atoms with van der Waals surface area (Å²) in [4.78, 5) is 22.3. The minimum Gasteiger partial charge on any atom is -0.494 e. The molecule has 2 rings (SSSR count). The Bertz CT molecular complexity index is 870. The molecule has 9 heteroatoms. The van der Waals surface area contributed by atoms with Crippen molar-refractivity contribution in [3.05, 3.63) is 59.4 Å². The number of benzene rings is 1. The monoisotopic (exact) mass is 475 g/mol. The van der Waals surface area contributed by atoms with Gasteiger partial charge in [0.2, 0.25) is 6.19 Å². The second-order valence-electron chi connectivity index (χ2n) is 6.98. The summed E-state index contributed by atoms with van der Waals surface area (Å²) in [6, 6.07) is 13.4. The van der Waals surface area contributed by atoms with E-state index in [1.807, 2.05) is 48.3 Å². The SMILES string of the molecule is C/C(=N\C#N)N(C)Cc1ccc(Cl)nc1.CN(C)C(=O)SCCCCOc1ccccc1. The minimum absolute atomic E-state index is 0.119. The maximum absolute atomic E-state index is 11.3. The van der Waals surface area contributed by atoms with Crippen LogP contribution in [0.4, 0.5) is 4.79 Å². The summed E-state index contributed by atoms with van der Waals surface area (Å²) in [5, 5.41) is 8.99. The van der Waals surface area contributed by atoms with Gasteiger partial charge >= 0.3 is 0 Å². The van der Waals surface area contributed by atoms with Crippen molar-refractivity contribution in [1.29, 1.82) is 5.26 Å². The minimum atomic E-state index is 0.119. The van der Waals surface area contributed by atoms with Crippen LogP contribution in [0.15, 0.2) is 53.7 Å². The molecule has 0 unspecified atom stereocenters. The van der Waals surface area contributed by atoms with E-state index in [9.17, 15) is 4.79 Å². The molecule has 7 nitrogen and oxygen atoms in total. The quantitative estimate of drug-likeness (QED) is 0.169. The van der Waals surface area contributed by atoms with Crippen molar-refractivity contribution in [2.45, 2.75) is 26.3 Å². The van der Waals surface area contributed by atoms with Gasteiger partial charge in [-0.2, -0.15) is 10.3 Å². The molecule has 1 amide bonds. The van der Waals surface area contributed by atoms with Crippen molar-refractivity contribution < 1.29 is 9.53 Å². The van der Waals surface area contributed by atoms with E-state index < -0.39 is 0 Å². The number of thioether (sulfide) groups is 1. The molecule has 1 heterocycles. The van der Waals surface area contributed by atoms with Crippen LogP contribution in [-0.4, -0.2) is 59.4 Å². The van der Waals surface area contributed by atoms with E-state index in [2.05, 4.69) is 9.98 Å². The molecule has 0 N–H and O–H groups in total. The van der Waals surface area contributed by atoms with E-state index in [-0.39, 0.29) is 5.24 Å². The van der Waals surface area contributed by atoms with Gasteiger partial charge < -0.3 is 14.5 Å². The molecular formula is C23H30ClN5O2S. The van der Waals surface area contributed by atoms with Gasteiger partial charge in [0.05, 0.1) is 6.61 Å². The molecule has 1 aromatic heterocycles. The smallest absolute Gasteiger partial charge is 0.281 e. The van der Waals surface area contributed by atoms with Crippen LogP contribution in [0, 0.1) is 11.5 Å². The largest absolute Gasteiger partial charge is 0.494 e. The van der Waals surface area contributed by atoms with Crippen LogP contribution in [-0.2, 0) is 6.54 Å². The van der Waals surface area contributed by atoms with Gasteiger partial charge in [-0.25, -0.2) is 4.98 Å². The summed E-state index contributed by atoms with van der Waals surface area (Å²) in [5.74, 6) is 2.44. The zero-order valence-electron chi connectivity index (χ0n) is 19.0. The maximum Gasteiger partial charge on any atom is 0.281 e. The topological polar surface area (TPSA) is 81.8 Å². The summed E-state index contributed by atoms with van der Waals surface area (Å²) in [5.41, 5.74) is 1.02. The molecule has 0 aliphatic carbocycles. The number of para-hydroxylation sites is 1. The van der Waals surface area contributed by atoms with Gasteiger partial charge in [-0.05, 0) is 43.5 Å². The predicted octanol–water partition coefficient (Wildman–Crippen LogP) is 5.33. The molecule has 0 atom stereocenters. The summed E-state index contributed by atoms with van der Waals surface area (Å²) < 4.78 is 5.56. The first-order valence-electron chi connectivity index (χ1n) is 10.1. The molecule has 0 spiro atoms. The molecule has 1 aromatic carbocycles. The number of ether oxygens (including phenoxy) is 1. The number of amidine groups is 1. The Morgan fingerprint density at radius 2 is 1.91 bits per heavy atom. The molecule has 0 aliphatic heterocycles. The van der Waals surface area contributed by atoms with E-state index in [0.717, 1.165) is 29.9 Å². The standard InChI is InChI=1S/C13H19NO2S.C10H11ClN4/c1-14(2)13(15)17-11-7-6-10-16-12-8-4-3-5-9-12;1-8(14-7-12)15(2)6-9-3-4-10(11)13-5-9/h3-5,8-9H,6-7,10-11H2,1-2H3;3-5H,6H2,1-2H3/b;14-8+. The molecule has 32 heavy (non-hydrogen) atoms. The first kappa shape index (κ1) is 27.3. The van der Waals surface area contributed by atoms with Crippen LogP contribution in [0.2, 0.25) is 5.15 Å². The Morgan fingerprint density at radius 3 is 2.50 bits per heavy atom. The number of rotatable bonds is 8. The summed E-state index contributed by atoms with van der Waals surface area (Å²) in [7, 11) is 5.41. The lowest BCUT2D eigenvalue weighted by atomic mass is 10.3. The number of pyridine rings is 1. The van der Waals surface area contributed by atoms with Crippen LogP contribution in [0.25, 0.3) is 0 Å². The second-order valence-corrected chi connectivity index (χ2v) is 8.42. The number of carbonyl (C=O) groups is 1. The van der Waals surface area contributed by atoms with Gasteiger partial charge in [-0.15, -0.1) is 0 Å². The number of amides is 1. The summed E-state index contributed by atoms with van der Waals surface area (Å²) in [6.45, 7) is 3.15. The Kier molecular flexibility index (Phi) is 13.6. The number of aliphatic imine (C=N–C) groups is 1. The number of aromatic nitrogens is 1. The summed E-state index contributed by atoms with van der Waals surface area (Å²) >= 11 is 7.03. The third-order valence-electron chi connectivity index (χ3n) is 4.11. The molecule has 0 fully saturated rings. The van der Waals surface area contributed by atoms with Crippen LogP contribution in [0.3, 0.4) is 0 Å². The molecule has 0 saturated heterocycles. The van der Waals surface area contributed by atoms with E-state index >= 15 is 0 Å². The van der Waals surface area contributed by atoms with Crippen molar-refractivity contribution in [2.24, 2.45) is 4.99 Å². The highest BCUT2D eigenvalue weighted by molar-refractivity contribution is 8.13. The molecular weight excluding hydrogens is 446 g/mol. The van der Waals surface area contributed by atoms with Gasteiger partial charge in [0.15, 0.2) is 0 Å². The number of carbonyl (C=O) groups excluding carboxylic acids is 1. The van der Waals surface area contributed by atoms with Gasteiger partial charge in [-0.1, -0.05) is 47.6 Å². The fourth-order valence-corrected chi connectivity index (χ4v) is 3.14.